The molecule has 3 atom stereocenters. The van der Waals surface area contributed by atoms with E-state index in [1.54, 1.807) is 12.1 Å². The highest BCUT2D eigenvalue weighted by atomic mass is 35.5. The molecule has 2 rings (SSSR count). The van der Waals surface area contributed by atoms with Crippen molar-refractivity contribution in [3.63, 3.8) is 0 Å². The molecule has 0 spiro atoms. The molecule has 1 aromatic carbocycles. The summed E-state index contributed by atoms with van der Waals surface area (Å²) in [5.41, 5.74) is 1.61. The maximum absolute atomic E-state index is 12.8. The zero-order valence-electron chi connectivity index (χ0n) is 17.4. The van der Waals surface area contributed by atoms with Gasteiger partial charge >= 0.3 is 0 Å². The lowest BCUT2D eigenvalue weighted by Crippen LogP contribution is -2.57. The zero-order valence-corrected chi connectivity index (χ0v) is 18.2. The Kier molecular flexibility index (Phi) is 8.28. The lowest BCUT2D eigenvalue weighted by molar-refractivity contribution is -0.135. The van der Waals surface area contributed by atoms with Gasteiger partial charge in [0.2, 0.25) is 11.8 Å². The standard InChI is InChI=1S/C21H32ClN3O3/c1-13(2)20(25-11-15(4)28-16(5)12-25)21(27)23-9-8-19(26)24-18-7-6-14(3)10-17(18)22/h6-7,10,13,15-16,20H,8-9,11-12H2,1-5H3,(H,23,27)(H,24,26). The van der Waals surface area contributed by atoms with Crippen molar-refractivity contribution in [2.24, 2.45) is 5.92 Å². The van der Waals surface area contributed by atoms with Crippen molar-refractivity contribution < 1.29 is 14.3 Å². The highest BCUT2D eigenvalue weighted by Gasteiger charge is 2.33. The van der Waals surface area contributed by atoms with Gasteiger partial charge in [-0.3, -0.25) is 14.5 Å². The summed E-state index contributed by atoms with van der Waals surface area (Å²) in [5, 5.41) is 6.21. The van der Waals surface area contributed by atoms with Gasteiger partial charge in [0.05, 0.1) is 29.0 Å². The Labute approximate surface area is 172 Å². The second-order valence-electron chi connectivity index (χ2n) is 7.97. The molecule has 1 fully saturated rings. The molecule has 1 heterocycles. The topological polar surface area (TPSA) is 70.7 Å². The molecule has 2 N–H and O–H groups in total. The van der Waals surface area contributed by atoms with Gasteiger partial charge in [0.1, 0.15) is 0 Å². The van der Waals surface area contributed by atoms with Crippen LogP contribution in [-0.4, -0.2) is 54.6 Å². The van der Waals surface area contributed by atoms with Crippen LogP contribution in [0.1, 0.15) is 39.7 Å². The zero-order chi connectivity index (χ0) is 20.8. The van der Waals surface area contributed by atoms with E-state index in [4.69, 9.17) is 16.3 Å². The summed E-state index contributed by atoms with van der Waals surface area (Å²) >= 11 is 6.14. The van der Waals surface area contributed by atoms with Crippen LogP contribution in [0, 0.1) is 12.8 Å². The van der Waals surface area contributed by atoms with Crippen LogP contribution in [0.15, 0.2) is 18.2 Å². The third kappa shape index (κ3) is 6.47. The Bertz CT molecular complexity index is 685. The van der Waals surface area contributed by atoms with E-state index in [1.165, 1.54) is 0 Å². The summed E-state index contributed by atoms with van der Waals surface area (Å²) in [6, 6.07) is 5.24. The molecule has 28 heavy (non-hydrogen) atoms. The van der Waals surface area contributed by atoms with Crippen molar-refractivity contribution in [2.45, 2.75) is 59.3 Å². The molecule has 0 aliphatic carbocycles. The van der Waals surface area contributed by atoms with Gasteiger partial charge in [-0.25, -0.2) is 0 Å². The average Bonchev–Trinajstić information content (AvgIpc) is 2.56. The Morgan fingerprint density at radius 2 is 1.89 bits per heavy atom. The third-order valence-corrected chi connectivity index (χ3v) is 5.10. The molecule has 7 heteroatoms. The van der Waals surface area contributed by atoms with Crippen molar-refractivity contribution in [1.29, 1.82) is 0 Å². The number of morpholine rings is 1. The molecule has 0 bridgehead atoms. The number of hydrogen-bond acceptors (Lipinski definition) is 4. The van der Waals surface area contributed by atoms with Crippen LogP contribution in [0.3, 0.4) is 0 Å². The predicted molar refractivity (Wildman–Crippen MR) is 113 cm³/mol. The molecule has 1 saturated heterocycles. The summed E-state index contributed by atoms with van der Waals surface area (Å²) in [5.74, 6) is -0.0593. The quantitative estimate of drug-likeness (QED) is 0.725. The van der Waals surface area contributed by atoms with Gasteiger partial charge in [-0.2, -0.15) is 0 Å². The Balaban J connectivity index is 1.86. The van der Waals surface area contributed by atoms with Gasteiger partial charge in [-0.15, -0.1) is 0 Å². The fourth-order valence-electron chi connectivity index (χ4n) is 3.67. The Hall–Kier alpha value is -1.63. The minimum atomic E-state index is -0.233. The van der Waals surface area contributed by atoms with Gasteiger partial charge in [-0.1, -0.05) is 31.5 Å². The average molecular weight is 410 g/mol. The lowest BCUT2D eigenvalue weighted by Gasteiger charge is -2.41. The van der Waals surface area contributed by atoms with Crippen LogP contribution in [0.25, 0.3) is 0 Å². The highest BCUT2D eigenvalue weighted by molar-refractivity contribution is 6.33. The van der Waals surface area contributed by atoms with E-state index in [-0.39, 0.29) is 48.9 Å². The second-order valence-corrected chi connectivity index (χ2v) is 8.38. The number of ether oxygens (including phenoxy) is 1. The first kappa shape index (κ1) is 22.7. The van der Waals surface area contributed by atoms with Crippen molar-refractivity contribution in [3.05, 3.63) is 28.8 Å². The monoisotopic (exact) mass is 409 g/mol. The van der Waals surface area contributed by atoms with E-state index < -0.39 is 0 Å². The molecule has 1 aromatic rings. The number of nitrogens with zero attached hydrogens (tertiary/aromatic N) is 1. The summed E-state index contributed by atoms with van der Waals surface area (Å²) in [4.78, 5) is 27.1. The summed E-state index contributed by atoms with van der Waals surface area (Å²) in [7, 11) is 0. The van der Waals surface area contributed by atoms with Crippen LogP contribution in [0.4, 0.5) is 5.69 Å². The number of aryl methyl sites for hydroxylation is 1. The molecule has 2 amide bonds. The number of nitrogens with one attached hydrogen (secondary N) is 2. The van der Waals surface area contributed by atoms with E-state index >= 15 is 0 Å². The molecule has 156 valence electrons. The third-order valence-electron chi connectivity index (χ3n) is 4.79. The molecule has 1 aliphatic heterocycles. The minimum Gasteiger partial charge on any atom is -0.373 e. The van der Waals surface area contributed by atoms with Crippen molar-refractivity contribution in [3.8, 4) is 0 Å². The summed E-state index contributed by atoms with van der Waals surface area (Å²) in [6.45, 7) is 11.8. The molecule has 6 nitrogen and oxygen atoms in total. The largest absolute Gasteiger partial charge is 0.373 e. The number of anilines is 1. The fourth-order valence-corrected chi connectivity index (χ4v) is 3.96. The fraction of sp³-hybridized carbons (Fsp3) is 0.619. The number of carbonyl (C=O) groups is 2. The first-order valence-corrected chi connectivity index (χ1v) is 10.3. The molecule has 0 radical (unpaired) electrons. The number of amides is 2. The van der Waals surface area contributed by atoms with Crippen molar-refractivity contribution in [1.82, 2.24) is 10.2 Å². The Morgan fingerprint density at radius 3 is 2.46 bits per heavy atom. The maximum atomic E-state index is 12.8. The highest BCUT2D eigenvalue weighted by Crippen LogP contribution is 2.23. The van der Waals surface area contributed by atoms with E-state index in [0.29, 0.717) is 10.7 Å². The molecule has 1 aliphatic rings. The lowest BCUT2D eigenvalue weighted by atomic mass is 9.99. The SMILES string of the molecule is Cc1ccc(NC(=O)CCNC(=O)C(C(C)C)N2CC(C)OC(C)C2)c(Cl)c1. The number of benzene rings is 1. The van der Waals surface area contributed by atoms with Crippen LogP contribution in [0.2, 0.25) is 5.02 Å². The number of carbonyl (C=O) groups excluding carboxylic acids is 2. The van der Waals surface area contributed by atoms with E-state index in [0.717, 1.165) is 18.7 Å². The predicted octanol–water partition coefficient (Wildman–Crippen LogP) is 3.23. The van der Waals surface area contributed by atoms with E-state index in [9.17, 15) is 9.59 Å². The molecule has 3 unspecified atom stereocenters. The molecular weight excluding hydrogens is 378 g/mol. The molecule has 0 aromatic heterocycles. The van der Waals surface area contributed by atoms with Gasteiger partial charge in [0, 0.05) is 26.1 Å². The van der Waals surface area contributed by atoms with Crippen molar-refractivity contribution >= 4 is 29.1 Å². The van der Waals surface area contributed by atoms with Gasteiger partial charge in [-0.05, 0) is 44.4 Å². The van der Waals surface area contributed by atoms with Gasteiger partial charge < -0.3 is 15.4 Å². The molecular formula is C21H32ClN3O3. The minimum absolute atomic E-state index is 0.0440. The van der Waals surface area contributed by atoms with Crippen molar-refractivity contribution in [2.75, 3.05) is 25.0 Å². The maximum Gasteiger partial charge on any atom is 0.237 e. The number of rotatable bonds is 7. The smallest absolute Gasteiger partial charge is 0.237 e. The van der Waals surface area contributed by atoms with Gasteiger partial charge in [0.15, 0.2) is 0 Å². The summed E-state index contributed by atoms with van der Waals surface area (Å²) < 4.78 is 5.78. The van der Waals surface area contributed by atoms with E-state index in [2.05, 4.69) is 15.5 Å². The molecule has 0 saturated carbocycles. The first-order chi connectivity index (χ1) is 13.2. The first-order valence-electron chi connectivity index (χ1n) is 9.90. The normalized spacial score (nSPS) is 21.4. The number of hydrogen-bond donors (Lipinski definition) is 2. The second kappa shape index (κ2) is 10.2. The summed E-state index contributed by atoms with van der Waals surface area (Å²) in [6.07, 6.45) is 0.391. The van der Waals surface area contributed by atoms with Crippen LogP contribution >= 0.6 is 11.6 Å². The van der Waals surface area contributed by atoms with Crippen LogP contribution in [0.5, 0.6) is 0 Å². The van der Waals surface area contributed by atoms with E-state index in [1.807, 2.05) is 40.7 Å². The van der Waals surface area contributed by atoms with Gasteiger partial charge in [0.25, 0.3) is 0 Å². The Morgan fingerprint density at radius 1 is 1.25 bits per heavy atom. The van der Waals surface area contributed by atoms with Crippen LogP contribution in [-0.2, 0) is 14.3 Å². The van der Waals surface area contributed by atoms with Crippen LogP contribution < -0.4 is 10.6 Å². The number of halogens is 1.